The Hall–Kier alpha value is -0.530. The fraction of sp³-hybridized carbons (Fsp3) is 0.571. The Bertz CT molecular complexity index is 384. The van der Waals surface area contributed by atoms with Gasteiger partial charge < -0.3 is 5.32 Å². The molecule has 0 aromatic heterocycles. The van der Waals surface area contributed by atoms with Crippen LogP contribution in [0.15, 0.2) is 24.3 Å². The number of hydrogen-bond acceptors (Lipinski definition) is 1. The normalized spacial score (nSPS) is 24.1. The van der Waals surface area contributed by atoms with Gasteiger partial charge in [-0.1, -0.05) is 23.7 Å². The lowest BCUT2D eigenvalue weighted by Crippen LogP contribution is -2.49. The highest BCUT2D eigenvalue weighted by atomic mass is 35.5. The van der Waals surface area contributed by atoms with Crippen molar-refractivity contribution in [1.82, 2.24) is 5.32 Å². The molecule has 0 saturated heterocycles. The van der Waals surface area contributed by atoms with Crippen molar-refractivity contribution < 1.29 is 0 Å². The highest BCUT2D eigenvalue weighted by Crippen LogP contribution is 2.68. The van der Waals surface area contributed by atoms with Crippen LogP contribution in [0.25, 0.3) is 0 Å². The maximum absolute atomic E-state index is 5.95. The quantitative estimate of drug-likeness (QED) is 0.847. The van der Waals surface area contributed by atoms with Gasteiger partial charge in [-0.25, -0.2) is 0 Å². The second-order valence-corrected chi connectivity index (χ2v) is 6.11. The summed E-state index contributed by atoms with van der Waals surface area (Å²) in [7, 11) is 2.05. The van der Waals surface area contributed by atoms with Gasteiger partial charge in [-0.05, 0) is 55.8 Å². The molecule has 1 N–H and O–H groups in total. The molecule has 16 heavy (non-hydrogen) atoms. The third-order valence-electron chi connectivity index (χ3n) is 4.36. The van der Waals surface area contributed by atoms with Crippen molar-refractivity contribution in [3.05, 3.63) is 34.9 Å². The largest absolute Gasteiger partial charge is 0.319 e. The number of likely N-dealkylation sites (N-methyl/N-ethyl adjacent to an activating group) is 1. The van der Waals surface area contributed by atoms with Gasteiger partial charge in [0, 0.05) is 17.0 Å². The van der Waals surface area contributed by atoms with Crippen LogP contribution in [0, 0.1) is 5.41 Å². The van der Waals surface area contributed by atoms with E-state index in [9.17, 15) is 0 Å². The Morgan fingerprint density at radius 2 is 1.81 bits per heavy atom. The first-order valence-electron chi connectivity index (χ1n) is 6.09. The van der Waals surface area contributed by atoms with Crippen LogP contribution in [0.1, 0.15) is 31.2 Å². The first-order valence-corrected chi connectivity index (χ1v) is 6.47. The monoisotopic (exact) mass is 235 g/mol. The molecule has 1 aromatic carbocycles. The summed E-state index contributed by atoms with van der Waals surface area (Å²) < 4.78 is 0. The van der Waals surface area contributed by atoms with Gasteiger partial charge in [0.05, 0.1) is 0 Å². The van der Waals surface area contributed by atoms with Crippen molar-refractivity contribution in [3.8, 4) is 0 Å². The zero-order valence-corrected chi connectivity index (χ0v) is 10.5. The molecule has 0 radical (unpaired) electrons. The Balaban J connectivity index is 1.86. The van der Waals surface area contributed by atoms with Gasteiger partial charge in [0.25, 0.3) is 0 Å². The van der Waals surface area contributed by atoms with Crippen LogP contribution in [-0.4, -0.2) is 13.6 Å². The van der Waals surface area contributed by atoms with E-state index in [1.54, 1.807) is 0 Å². The standard InChI is InChI=1S/C14H18ClN/c1-16-10-14(8-13(9-14)6-7-13)11-2-4-12(15)5-3-11/h2-5,16H,6-10H2,1H3. The van der Waals surface area contributed by atoms with Gasteiger partial charge in [-0.2, -0.15) is 0 Å². The van der Waals surface area contributed by atoms with E-state index in [1.807, 2.05) is 12.1 Å². The van der Waals surface area contributed by atoms with E-state index in [0.717, 1.165) is 17.0 Å². The molecule has 0 aliphatic heterocycles. The Morgan fingerprint density at radius 1 is 1.19 bits per heavy atom. The van der Waals surface area contributed by atoms with Crippen LogP contribution in [-0.2, 0) is 5.41 Å². The Labute approximate surface area is 102 Å². The third-order valence-corrected chi connectivity index (χ3v) is 4.61. The molecule has 0 atom stereocenters. The molecule has 2 saturated carbocycles. The molecule has 1 spiro atoms. The number of nitrogens with one attached hydrogen (secondary N) is 1. The summed E-state index contributed by atoms with van der Waals surface area (Å²) in [6.45, 7) is 1.09. The van der Waals surface area contributed by atoms with E-state index < -0.39 is 0 Å². The fourth-order valence-electron chi connectivity index (χ4n) is 3.49. The summed E-state index contributed by atoms with van der Waals surface area (Å²) in [5.74, 6) is 0. The molecule has 86 valence electrons. The van der Waals surface area contributed by atoms with E-state index in [-0.39, 0.29) is 0 Å². The summed E-state index contributed by atoms with van der Waals surface area (Å²) in [6, 6.07) is 8.45. The minimum absolute atomic E-state index is 0.385. The van der Waals surface area contributed by atoms with E-state index in [4.69, 9.17) is 11.6 Å². The third kappa shape index (κ3) is 1.57. The van der Waals surface area contributed by atoms with Gasteiger partial charge in [-0.15, -0.1) is 0 Å². The topological polar surface area (TPSA) is 12.0 Å². The SMILES string of the molecule is CNCC1(c2ccc(Cl)cc2)CC2(CC2)C1. The molecule has 0 amide bonds. The predicted molar refractivity (Wildman–Crippen MR) is 68.0 cm³/mol. The molecule has 0 heterocycles. The van der Waals surface area contributed by atoms with Crippen molar-refractivity contribution >= 4 is 11.6 Å². The molecule has 0 unspecified atom stereocenters. The summed E-state index contributed by atoms with van der Waals surface area (Å²) >= 11 is 5.95. The summed E-state index contributed by atoms with van der Waals surface area (Å²) in [5.41, 5.74) is 2.58. The molecular formula is C14H18ClN. The molecule has 1 nitrogen and oxygen atoms in total. The smallest absolute Gasteiger partial charge is 0.0406 e. The molecule has 1 aromatic rings. The van der Waals surface area contributed by atoms with Crippen molar-refractivity contribution in [2.24, 2.45) is 5.41 Å². The lowest BCUT2D eigenvalue weighted by Gasteiger charge is -2.49. The lowest BCUT2D eigenvalue weighted by molar-refractivity contribution is 0.118. The number of hydrogen-bond donors (Lipinski definition) is 1. The number of rotatable bonds is 3. The van der Waals surface area contributed by atoms with Crippen LogP contribution >= 0.6 is 11.6 Å². The minimum atomic E-state index is 0.385. The van der Waals surface area contributed by atoms with Crippen LogP contribution in [0.4, 0.5) is 0 Å². The maximum atomic E-state index is 5.95. The van der Waals surface area contributed by atoms with E-state index in [2.05, 4.69) is 24.5 Å². The fourth-order valence-corrected chi connectivity index (χ4v) is 3.61. The van der Waals surface area contributed by atoms with Crippen LogP contribution in [0.3, 0.4) is 0 Å². The molecule has 0 bridgehead atoms. The van der Waals surface area contributed by atoms with Crippen LogP contribution in [0.2, 0.25) is 5.02 Å². The molecule has 2 heteroatoms. The maximum Gasteiger partial charge on any atom is 0.0406 e. The molecule has 2 fully saturated rings. The van der Waals surface area contributed by atoms with Crippen LogP contribution < -0.4 is 5.32 Å². The summed E-state index contributed by atoms with van der Waals surface area (Å²) in [6.07, 6.45) is 5.63. The molecular weight excluding hydrogens is 218 g/mol. The summed E-state index contributed by atoms with van der Waals surface area (Å²) in [5, 5.41) is 4.19. The first-order chi connectivity index (χ1) is 7.68. The minimum Gasteiger partial charge on any atom is -0.319 e. The average molecular weight is 236 g/mol. The highest BCUT2D eigenvalue weighted by Gasteiger charge is 2.60. The van der Waals surface area contributed by atoms with Crippen LogP contribution in [0.5, 0.6) is 0 Å². The lowest BCUT2D eigenvalue weighted by atomic mass is 9.56. The van der Waals surface area contributed by atoms with Gasteiger partial charge in [0.15, 0.2) is 0 Å². The zero-order chi connectivity index (χ0) is 11.2. The molecule has 3 rings (SSSR count). The Morgan fingerprint density at radius 3 is 2.31 bits per heavy atom. The average Bonchev–Trinajstić information content (AvgIpc) is 2.98. The zero-order valence-electron chi connectivity index (χ0n) is 9.72. The number of benzene rings is 1. The molecule has 2 aliphatic rings. The second kappa shape index (κ2) is 3.48. The van der Waals surface area contributed by atoms with Gasteiger partial charge in [0.1, 0.15) is 0 Å². The number of halogens is 1. The van der Waals surface area contributed by atoms with E-state index in [1.165, 1.54) is 31.2 Å². The van der Waals surface area contributed by atoms with Gasteiger partial charge in [-0.3, -0.25) is 0 Å². The molecule has 2 aliphatic carbocycles. The highest BCUT2D eigenvalue weighted by molar-refractivity contribution is 6.30. The van der Waals surface area contributed by atoms with E-state index >= 15 is 0 Å². The second-order valence-electron chi connectivity index (χ2n) is 5.67. The van der Waals surface area contributed by atoms with E-state index in [0.29, 0.717) is 5.41 Å². The van der Waals surface area contributed by atoms with Crippen molar-refractivity contribution in [1.29, 1.82) is 0 Å². The van der Waals surface area contributed by atoms with Crippen molar-refractivity contribution in [2.75, 3.05) is 13.6 Å². The Kier molecular flexibility index (Phi) is 2.31. The van der Waals surface area contributed by atoms with Gasteiger partial charge in [0.2, 0.25) is 0 Å². The first kappa shape index (κ1) is 10.6. The van der Waals surface area contributed by atoms with Crippen molar-refractivity contribution in [3.63, 3.8) is 0 Å². The summed E-state index contributed by atoms with van der Waals surface area (Å²) in [4.78, 5) is 0. The van der Waals surface area contributed by atoms with Crippen molar-refractivity contribution in [2.45, 2.75) is 31.1 Å². The predicted octanol–water partition coefficient (Wildman–Crippen LogP) is 3.37. The van der Waals surface area contributed by atoms with Gasteiger partial charge >= 0.3 is 0 Å².